The van der Waals surface area contributed by atoms with E-state index < -0.39 is 5.78 Å². The van der Waals surface area contributed by atoms with Crippen molar-refractivity contribution < 1.29 is 30.0 Å². The molecule has 0 unspecified atom stereocenters. The second-order valence-corrected chi connectivity index (χ2v) is 4.49. The standard InChI is InChI=1S/C14H10O6/c15-7-3-11(19)14-10(18)2-6-1-8(16)9(17)5-12(6)20-13(14)4-7/h1,3-5,15-17,19H,2H2. The maximum Gasteiger partial charge on any atom is 0.174 e. The van der Waals surface area contributed by atoms with E-state index in [9.17, 15) is 25.2 Å². The van der Waals surface area contributed by atoms with E-state index in [4.69, 9.17) is 4.74 Å². The lowest BCUT2D eigenvalue weighted by Crippen LogP contribution is -2.02. The number of phenolic OH excluding ortho intramolecular Hbond substituents is 4. The highest BCUT2D eigenvalue weighted by molar-refractivity contribution is 6.03. The fourth-order valence-corrected chi connectivity index (χ4v) is 2.16. The predicted octanol–water partition coefficient (Wildman–Crippen LogP) is 2.04. The Labute approximate surface area is 113 Å². The van der Waals surface area contributed by atoms with Gasteiger partial charge in [-0.25, -0.2) is 0 Å². The highest BCUT2D eigenvalue weighted by Gasteiger charge is 2.26. The van der Waals surface area contributed by atoms with Crippen molar-refractivity contribution in [2.75, 3.05) is 0 Å². The van der Waals surface area contributed by atoms with E-state index in [1.165, 1.54) is 18.2 Å². The summed E-state index contributed by atoms with van der Waals surface area (Å²) in [6.45, 7) is 0. The summed E-state index contributed by atoms with van der Waals surface area (Å²) in [5, 5.41) is 38.2. The van der Waals surface area contributed by atoms with E-state index >= 15 is 0 Å². The molecule has 6 heteroatoms. The van der Waals surface area contributed by atoms with Gasteiger partial charge in [0.05, 0.1) is 0 Å². The maximum absolute atomic E-state index is 12.1. The molecule has 0 fully saturated rings. The average Bonchev–Trinajstić information content (AvgIpc) is 2.46. The van der Waals surface area contributed by atoms with Crippen LogP contribution in [0.4, 0.5) is 0 Å². The van der Waals surface area contributed by atoms with Gasteiger partial charge in [-0.05, 0) is 6.07 Å². The quantitative estimate of drug-likeness (QED) is 0.548. The van der Waals surface area contributed by atoms with Crippen LogP contribution in [0.15, 0.2) is 24.3 Å². The number of ketones is 1. The van der Waals surface area contributed by atoms with Crippen LogP contribution in [-0.4, -0.2) is 26.2 Å². The van der Waals surface area contributed by atoms with Gasteiger partial charge in [0.2, 0.25) is 0 Å². The summed E-state index contributed by atoms with van der Waals surface area (Å²) in [6, 6.07) is 4.65. The van der Waals surface area contributed by atoms with Gasteiger partial charge >= 0.3 is 0 Å². The van der Waals surface area contributed by atoms with Gasteiger partial charge in [0.1, 0.15) is 28.6 Å². The van der Waals surface area contributed by atoms with Gasteiger partial charge < -0.3 is 25.2 Å². The number of Topliss-reactive ketones (excluding diaryl/α,β-unsaturated/α-hetero) is 1. The molecule has 1 aliphatic rings. The van der Waals surface area contributed by atoms with Gasteiger partial charge in [-0.3, -0.25) is 4.79 Å². The maximum atomic E-state index is 12.1. The first-order valence-electron chi connectivity index (χ1n) is 5.77. The molecule has 4 N–H and O–H groups in total. The molecule has 2 aromatic rings. The van der Waals surface area contributed by atoms with Crippen LogP contribution in [0.2, 0.25) is 0 Å². The van der Waals surface area contributed by atoms with Crippen LogP contribution < -0.4 is 4.74 Å². The molecule has 1 heterocycles. The zero-order valence-electron chi connectivity index (χ0n) is 10.1. The van der Waals surface area contributed by atoms with Crippen LogP contribution in [0.25, 0.3) is 0 Å². The second kappa shape index (κ2) is 4.06. The fraction of sp³-hybridized carbons (Fsp3) is 0.0714. The summed E-state index contributed by atoms with van der Waals surface area (Å²) in [4.78, 5) is 12.1. The smallest absolute Gasteiger partial charge is 0.174 e. The molecule has 3 rings (SSSR count). The minimum Gasteiger partial charge on any atom is -0.508 e. The molecule has 0 atom stereocenters. The molecular formula is C14H10O6. The van der Waals surface area contributed by atoms with E-state index in [0.29, 0.717) is 5.56 Å². The molecule has 0 saturated heterocycles. The molecular weight excluding hydrogens is 264 g/mol. The topological polar surface area (TPSA) is 107 Å². The number of carbonyl (C=O) groups is 1. The van der Waals surface area contributed by atoms with Crippen LogP contribution >= 0.6 is 0 Å². The van der Waals surface area contributed by atoms with Crippen LogP contribution in [-0.2, 0) is 6.42 Å². The lowest BCUT2D eigenvalue weighted by atomic mass is 10.0. The Kier molecular flexibility index (Phi) is 2.47. The normalized spacial score (nSPS) is 13.1. The van der Waals surface area contributed by atoms with E-state index in [0.717, 1.165) is 6.07 Å². The summed E-state index contributed by atoms with van der Waals surface area (Å²) in [7, 11) is 0. The lowest BCUT2D eigenvalue weighted by molar-refractivity contribution is 0.0991. The summed E-state index contributed by atoms with van der Waals surface area (Å²) in [5.41, 5.74) is 0.332. The van der Waals surface area contributed by atoms with Crippen LogP contribution in [0.3, 0.4) is 0 Å². The largest absolute Gasteiger partial charge is 0.508 e. The van der Waals surface area contributed by atoms with Crippen molar-refractivity contribution in [3.8, 4) is 34.5 Å². The highest BCUT2D eigenvalue weighted by atomic mass is 16.5. The first-order chi connectivity index (χ1) is 9.45. The molecule has 0 amide bonds. The van der Waals surface area contributed by atoms with Crippen LogP contribution in [0.5, 0.6) is 34.5 Å². The van der Waals surface area contributed by atoms with Crippen molar-refractivity contribution in [2.24, 2.45) is 0 Å². The lowest BCUT2D eigenvalue weighted by Gasteiger charge is -2.10. The zero-order chi connectivity index (χ0) is 14.4. The van der Waals surface area contributed by atoms with Gasteiger partial charge in [0.15, 0.2) is 17.3 Å². The molecule has 0 radical (unpaired) electrons. The summed E-state index contributed by atoms with van der Waals surface area (Å²) >= 11 is 0. The average molecular weight is 274 g/mol. The SMILES string of the molecule is O=C1Cc2cc(O)c(O)cc2Oc2cc(O)cc(O)c21. The summed E-state index contributed by atoms with van der Waals surface area (Å²) < 4.78 is 5.46. The third kappa shape index (κ3) is 1.78. The summed E-state index contributed by atoms with van der Waals surface area (Å²) in [6.07, 6.45) is -0.103. The minimum absolute atomic E-state index is 0.00339. The molecule has 0 spiro atoms. The van der Waals surface area contributed by atoms with Crippen molar-refractivity contribution in [3.05, 3.63) is 35.4 Å². The Morgan fingerprint density at radius 2 is 1.55 bits per heavy atom. The number of fused-ring (bicyclic) bond motifs is 2. The second-order valence-electron chi connectivity index (χ2n) is 4.49. The number of carbonyl (C=O) groups excluding carboxylic acids is 1. The van der Waals surface area contributed by atoms with Gasteiger partial charge in [-0.2, -0.15) is 0 Å². The van der Waals surface area contributed by atoms with Crippen molar-refractivity contribution in [3.63, 3.8) is 0 Å². The monoisotopic (exact) mass is 274 g/mol. The number of phenols is 4. The highest BCUT2D eigenvalue weighted by Crippen LogP contribution is 2.43. The number of aromatic hydroxyl groups is 4. The van der Waals surface area contributed by atoms with Gasteiger partial charge in [0.25, 0.3) is 0 Å². The van der Waals surface area contributed by atoms with E-state index in [1.54, 1.807) is 0 Å². The third-order valence-corrected chi connectivity index (χ3v) is 3.07. The van der Waals surface area contributed by atoms with Crippen molar-refractivity contribution >= 4 is 5.78 Å². The number of hydrogen-bond acceptors (Lipinski definition) is 6. The van der Waals surface area contributed by atoms with Crippen LogP contribution in [0, 0.1) is 0 Å². The molecule has 1 aliphatic heterocycles. The molecule has 0 bridgehead atoms. The first kappa shape index (κ1) is 12.2. The molecule has 0 aliphatic carbocycles. The Bertz CT molecular complexity index is 735. The minimum atomic E-state index is -0.415. The Morgan fingerprint density at radius 1 is 0.850 bits per heavy atom. The van der Waals surface area contributed by atoms with E-state index in [2.05, 4.69) is 0 Å². The molecule has 102 valence electrons. The number of hydrogen-bond donors (Lipinski definition) is 4. The molecule has 0 aromatic heterocycles. The van der Waals surface area contributed by atoms with E-state index in [-0.39, 0.29) is 46.5 Å². The first-order valence-corrected chi connectivity index (χ1v) is 5.77. The van der Waals surface area contributed by atoms with Crippen molar-refractivity contribution in [1.82, 2.24) is 0 Å². The van der Waals surface area contributed by atoms with E-state index in [1.807, 2.05) is 0 Å². The molecule has 0 saturated carbocycles. The number of ether oxygens (including phenoxy) is 1. The number of benzene rings is 2. The molecule has 2 aromatic carbocycles. The predicted molar refractivity (Wildman–Crippen MR) is 67.7 cm³/mol. The summed E-state index contributed by atoms with van der Waals surface area (Å²) in [5.74, 6) is -1.62. The van der Waals surface area contributed by atoms with Gasteiger partial charge in [-0.1, -0.05) is 0 Å². The van der Waals surface area contributed by atoms with Gasteiger partial charge in [0, 0.05) is 30.2 Å². The third-order valence-electron chi connectivity index (χ3n) is 3.07. The zero-order valence-corrected chi connectivity index (χ0v) is 10.1. The van der Waals surface area contributed by atoms with Crippen LogP contribution in [0.1, 0.15) is 15.9 Å². The Balaban J connectivity index is 2.22. The van der Waals surface area contributed by atoms with Gasteiger partial charge in [-0.15, -0.1) is 0 Å². The van der Waals surface area contributed by atoms with Crippen molar-refractivity contribution in [2.45, 2.75) is 6.42 Å². The Morgan fingerprint density at radius 3 is 2.30 bits per heavy atom. The molecule has 20 heavy (non-hydrogen) atoms. The molecule has 6 nitrogen and oxygen atoms in total. The Hall–Kier alpha value is -2.89. The number of rotatable bonds is 0. The fourth-order valence-electron chi connectivity index (χ4n) is 2.16. The van der Waals surface area contributed by atoms with Crippen molar-refractivity contribution in [1.29, 1.82) is 0 Å².